The third kappa shape index (κ3) is 3.42. The van der Waals surface area contributed by atoms with Crippen molar-refractivity contribution in [2.45, 2.75) is 13.5 Å². The highest BCUT2D eigenvalue weighted by atomic mass is 79.9. The highest BCUT2D eigenvalue weighted by Crippen LogP contribution is 2.21. The summed E-state index contributed by atoms with van der Waals surface area (Å²) >= 11 is 4.96. The minimum absolute atomic E-state index is 0.177. The van der Waals surface area contributed by atoms with Gasteiger partial charge in [0.05, 0.1) is 6.54 Å². The molecule has 0 aliphatic carbocycles. The zero-order chi connectivity index (χ0) is 14.0. The van der Waals surface area contributed by atoms with Crippen LogP contribution < -0.4 is 0 Å². The number of carbonyl (C=O) groups is 1. The molecule has 0 unspecified atom stereocenters. The Bertz CT molecular complexity index is 611. The lowest BCUT2D eigenvalue weighted by Crippen LogP contribution is -2.25. The molecule has 2 rings (SSSR count). The van der Waals surface area contributed by atoms with Crippen molar-refractivity contribution in [1.29, 1.82) is 0 Å². The van der Waals surface area contributed by atoms with Gasteiger partial charge in [0.1, 0.15) is 5.82 Å². The quantitative estimate of drug-likeness (QED) is 0.817. The number of halogens is 2. The standard InChI is InChI=1S/C14H13BrFNOS/c1-9-3-4-10(5-13(9)16)14(18)17(2)7-12-6-11(15)8-19-12/h3-6,8H,7H2,1-2H3. The van der Waals surface area contributed by atoms with Crippen LogP contribution in [0.5, 0.6) is 0 Å². The zero-order valence-electron chi connectivity index (χ0n) is 10.6. The highest BCUT2D eigenvalue weighted by molar-refractivity contribution is 9.10. The molecule has 0 fully saturated rings. The topological polar surface area (TPSA) is 20.3 Å². The van der Waals surface area contributed by atoms with Crippen molar-refractivity contribution in [2.24, 2.45) is 0 Å². The molecule has 0 aliphatic heterocycles. The molecule has 100 valence electrons. The second-order valence-corrected chi connectivity index (χ2v) is 6.27. The molecule has 1 amide bonds. The Morgan fingerprint density at radius 1 is 1.42 bits per heavy atom. The smallest absolute Gasteiger partial charge is 0.254 e. The first-order chi connectivity index (χ1) is 8.97. The van der Waals surface area contributed by atoms with E-state index in [0.717, 1.165) is 9.35 Å². The molecule has 1 aromatic carbocycles. The molecule has 0 spiro atoms. The number of hydrogen-bond donors (Lipinski definition) is 0. The van der Waals surface area contributed by atoms with Crippen LogP contribution in [-0.4, -0.2) is 17.9 Å². The highest BCUT2D eigenvalue weighted by Gasteiger charge is 2.14. The van der Waals surface area contributed by atoms with Crippen LogP contribution in [0.15, 0.2) is 34.1 Å². The number of aryl methyl sites for hydroxylation is 1. The Kier molecular flexibility index (Phi) is 4.37. The predicted octanol–water partition coefficient (Wildman–Crippen LogP) is 4.23. The van der Waals surface area contributed by atoms with Crippen LogP contribution >= 0.6 is 27.3 Å². The average Bonchev–Trinajstić information content (AvgIpc) is 2.77. The second kappa shape index (κ2) is 5.84. The first-order valence-corrected chi connectivity index (χ1v) is 7.39. The van der Waals surface area contributed by atoms with Gasteiger partial charge in [-0.15, -0.1) is 11.3 Å². The summed E-state index contributed by atoms with van der Waals surface area (Å²) in [7, 11) is 1.72. The van der Waals surface area contributed by atoms with Crippen LogP contribution in [-0.2, 0) is 6.54 Å². The first kappa shape index (κ1) is 14.2. The van der Waals surface area contributed by atoms with E-state index in [4.69, 9.17) is 0 Å². The van der Waals surface area contributed by atoms with Crippen molar-refractivity contribution in [3.05, 3.63) is 55.9 Å². The monoisotopic (exact) mass is 341 g/mol. The van der Waals surface area contributed by atoms with Crippen molar-refractivity contribution in [3.8, 4) is 0 Å². The molecule has 0 saturated carbocycles. The minimum atomic E-state index is -0.349. The van der Waals surface area contributed by atoms with E-state index in [1.807, 2.05) is 11.4 Å². The lowest BCUT2D eigenvalue weighted by atomic mass is 10.1. The summed E-state index contributed by atoms with van der Waals surface area (Å²) in [5.41, 5.74) is 0.919. The fraction of sp³-hybridized carbons (Fsp3) is 0.214. The summed E-state index contributed by atoms with van der Waals surface area (Å²) in [6.45, 7) is 2.20. The molecule has 0 radical (unpaired) electrons. The molecule has 2 aromatic rings. The van der Waals surface area contributed by atoms with E-state index in [0.29, 0.717) is 17.7 Å². The number of benzene rings is 1. The van der Waals surface area contributed by atoms with Crippen molar-refractivity contribution >= 4 is 33.2 Å². The van der Waals surface area contributed by atoms with E-state index in [-0.39, 0.29) is 11.7 Å². The van der Waals surface area contributed by atoms with Gasteiger partial charge in [-0.2, -0.15) is 0 Å². The lowest BCUT2D eigenvalue weighted by molar-refractivity contribution is 0.0786. The van der Waals surface area contributed by atoms with Gasteiger partial charge in [-0.1, -0.05) is 6.07 Å². The van der Waals surface area contributed by atoms with E-state index in [9.17, 15) is 9.18 Å². The van der Waals surface area contributed by atoms with Gasteiger partial charge in [0.15, 0.2) is 0 Å². The van der Waals surface area contributed by atoms with Gasteiger partial charge < -0.3 is 4.90 Å². The maximum atomic E-state index is 13.5. The molecule has 1 heterocycles. The summed E-state index contributed by atoms with van der Waals surface area (Å²) in [6, 6.07) is 6.54. The molecular formula is C14H13BrFNOS. The average molecular weight is 342 g/mol. The van der Waals surface area contributed by atoms with Gasteiger partial charge in [-0.25, -0.2) is 4.39 Å². The maximum Gasteiger partial charge on any atom is 0.254 e. The van der Waals surface area contributed by atoms with E-state index in [2.05, 4.69) is 15.9 Å². The molecule has 19 heavy (non-hydrogen) atoms. The molecule has 5 heteroatoms. The molecule has 1 aromatic heterocycles. The predicted molar refractivity (Wildman–Crippen MR) is 79.0 cm³/mol. The summed E-state index contributed by atoms with van der Waals surface area (Å²) in [5, 5.41) is 1.97. The fourth-order valence-electron chi connectivity index (χ4n) is 1.69. The van der Waals surface area contributed by atoms with Crippen LogP contribution in [0.3, 0.4) is 0 Å². The zero-order valence-corrected chi connectivity index (χ0v) is 13.0. The molecular weight excluding hydrogens is 329 g/mol. The second-order valence-electron chi connectivity index (χ2n) is 4.36. The largest absolute Gasteiger partial charge is 0.337 e. The fourth-order valence-corrected chi connectivity index (χ4v) is 3.19. The Balaban J connectivity index is 2.12. The molecule has 0 N–H and O–H groups in total. The summed E-state index contributed by atoms with van der Waals surface area (Å²) in [6.07, 6.45) is 0. The number of amides is 1. The van der Waals surface area contributed by atoms with Gasteiger partial charge in [-0.3, -0.25) is 4.79 Å². The Hall–Kier alpha value is -1.20. The van der Waals surface area contributed by atoms with Crippen molar-refractivity contribution in [2.75, 3.05) is 7.05 Å². The molecule has 0 bridgehead atoms. The van der Waals surface area contributed by atoms with Crippen LogP contribution in [0.25, 0.3) is 0 Å². The summed E-state index contributed by atoms with van der Waals surface area (Å²) in [5.74, 6) is -0.526. The van der Waals surface area contributed by atoms with Gasteiger partial charge in [0.25, 0.3) is 5.91 Å². The SMILES string of the molecule is Cc1ccc(C(=O)N(C)Cc2cc(Br)cs2)cc1F. The van der Waals surface area contributed by atoms with E-state index in [1.165, 1.54) is 6.07 Å². The van der Waals surface area contributed by atoms with Crippen molar-refractivity contribution in [1.82, 2.24) is 4.90 Å². The Morgan fingerprint density at radius 3 is 2.74 bits per heavy atom. The van der Waals surface area contributed by atoms with Crippen LogP contribution in [0, 0.1) is 12.7 Å². The molecule has 0 atom stereocenters. The normalized spacial score (nSPS) is 10.5. The van der Waals surface area contributed by atoms with Gasteiger partial charge in [0, 0.05) is 27.3 Å². The van der Waals surface area contributed by atoms with Gasteiger partial charge >= 0.3 is 0 Å². The summed E-state index contributed by atoms with van der Waals surface area (Å²) < 4.78 is 14.5. The van der Waals surface area contributed by atoms with Crippen molar-refractivity contribution in [3.63, 3.8) is 0 Å². The first-order valence-electron chi connectivity index (χ1n) is 5.72. The third-order valence-electron chi connectivity index (χ3n) is 2.78. The number of carbonyl (C=O) groups excluding carboxylic acids is 1. The molecule has 0 aliphatic rings. The summed E-state index contributed by atoms with van der Waals surface area (Å²) in [4.78, 5) is 14.8. The van der Waals surface area contributed by atoms with E-state index < -0.39 is 0 Å². The van der Waals surface area contributed by atoms with E-state index in [1.54, 1.807) is 42.3 Å². The Labute approximate surface area is 124 Å². The number of thiophene rings is 1. The molecule has 2 nitrogen and oxygen atoms in total. The number of rotatable bonds is 3. The minimum Gasteiger partial charge on any atom is -0.337 e. The Morgan fingerprint density at radius 2 is 2.16 bits per heavy atom. The van der Waals surface area contributed by atoms with Crippen LogP contribution in [0.2, 0.25) is 0 Å². The van der Waals surface area contributed by atoms with Crippen LogP contribution in [0.4, 0.5) is 4.39 Å². The molecule has 0 saturated heterocycles. The van der Waals surface area contributed by atoms with Crippen LogP contribution in [0.1, 0.15) is 20.8 Å². The van der Waals surface area contributed by atoms with Crippen molar-refractivity contribution < 1.29 is 9.18 Å². The number of hydrogen-bond acceptors (Lipinski definition) is 2. The van der Waals surface area contributed by atoms with Gasteiger partial charge in [0.2, 0.25) is 0 Å². The third-order valence-corrected chi connectivity index (χ3v) is 4.46. The van der Waals surface area contributed by atoms with E-state index >= 15 is 0 Å². The lowest BCUT2D eigenvalue weighted by Gasteiger charge is -2.16. The number of nitrogens with zero attached hydrogens (tertiary/aromatic N) is 1. The maximum absolute atomic E-state index is 13.5. The van der Waals surface area contributed by atoms with Gasteiger partial charge in [-0.05, 0) is 46.6 Å².